The van der Waals surface area contributed by atoms with E-state index in [4.69, 9.17) is 10.5 Å². The number of rotatable bonds is 1. The summed E-state index contributed by atoms with van der Waals surface area (Å²) in [4.78, 5) is 14.4. The zero-order valence-corrected chi connectivity index (χ0v) is 11.2. The van der Waals surface area contributed by atoms with E-state index in [9.17, 15) is 4.79 Å². The number of para-hydroxylation sites is 1. The first-order valence-corrected chi connectivity index (χ1v) is 6.18. The van der Waals surface area contributed by atoms with Crippen LogP contribution in [-0.2, 0) is 4.74 Å². The molecular formula is C14H20N2O2. The Balaban J connectivity index is 2.33. The molecule has 1 saturated heterocycles. The van der Waals surface area contributed by atoms with Gasteiger partial charge in [0.25, 0.3) is 5.91 Å². The monoisotopic (exact) mass is 248 g/mol. The van der Waals surface area contributed by atoms with Crippen molar-refractivity contribution in [2.75, 3.05) is 25.5 Å². The third-order valence-electron chi connectivity index (χ3n) is 3.44. The van der Waals surface area contributed by atoms with E-state index in [1.54, 1.807) is 6.07 Å². The van der Waals surface area contributed by atoms with Crippen molar-refractivity contribution < 1.29 is 9.53 Å². The molecule has 0 saturated carbocycles. The number of nitrogens with two attached hydrogens (primary N) is 1. The van der Waals surface area contributed by atoms with Crippen LogP contribution in [0.2, 0.25) is 0 Å². The van der Waals surface area contributed by atoms with Gasteiger partial charge in [0.05, 0.1) is 24.3 Å². The maximum absolute atomic E-state index is 12.6. The second kappa shape index (κ2) is 4.61. The Kier molecular flexibility index (Phi) is 3.30. The molecule has 0 radical (unpaired) electrons. The van der Waals surface area contributed by atoms with E-state index in [0.717, 1.165) is 5.56 Å². The highest BCUT2D eigenvalue weighted by atomic mass is 16.5. The van der Waals surface area contributed by atoms with Crippen molar-refractivity contribution in [3.8, 4) is 0 Å². The Hall–Kier alpha value is -1.55. The molecule has 18 heavy (non-hydrogen) atoms. The van der Waals surface area contributed by atoms with Crippen LogP contribution in [0, 0.1) is 6.92 Å². The summed E-state index contributed by atoms with van der Waals surface area (Å²) < 4.78 is 5.43. The van der Waals surface area contributed by atoms with Gasteiger partial charge in [0, 0.05) is 12.2 Å². The molecule has 0 spiro atoms. The number of benzene rings is 1. The smallest absolute Gasteiger partial charge is 0.256 e. The lowest BCUT2D eigenvalue weighted by molar-refractivity contribution is -0.0370. The van der Waals surface area contributed by atoms with Gasteiger partial charge in [-0.2, -0.15) is 0 Å². The Morgan fingerprint density at radius 1 is 1.44 bits per heavy atom. The second-order valence-corrected chi connectivity index (χ2v) is 5.36. The average Bonchev–Trinajstić information content (AvgIpc) is 2.31. The van der Waals surface area contributed by atoms with Crippen LogP contribution in [0.25, 0.3) is 0 Å². The van der Waals surface area contributed by atoms with Crippen molar-refractivity contribution in [2.45, 2.75) is 26.3 Å². The summed E-state index contributed by atoms with van der Waals surface area (Å²) in [7, 11) is 0. The number of hydrogen-bond donors (Lipinski definition) is 1. The van der Waals surface area contributed by atoms with Crippen LogP contribution in [0.3, 0.4) is 0 Å². The number of nitrogens with zero attached hydrogens (tertiary/aromatic N) is 1. The summed E-state index contributed by atoms with van der Waals surface area (Å²) in [6.45, 7) is 7.69. The lowest BCUT2D eigenvalue weighted by Crippen LogP contribution is -2.55. The molecule has 0 atom stereocenters. The van der Waals surface area contributed by atoms with Crippen molar-refractivity contribution in [3.05, 3.63) is 29.3 Å². The topological polar surface area (TPSA) is 55.6 Å². The molecule has 1 aromatic rings. The highest BCUT2D eigenvalue weighted by Crippen LogP contribution is 2.25. The third kappa shape index (κ3) is 2.20. The van der Waals surface area contributed by atoms with Crippen molar-refractivity contribution in [1.29, 1.82) is 0 Å². The van der Waals surface area contributed by atoms with Gasteiger partial charge in [-0.3, -0.25) is 4.79 Å². The van der Waals surface area contributed by atoms with Crippen LogP contribution in [0.15, 0.2) is 18.2 Å². The zero-order chi connectivity index (χ0) is 13.3. The number of aryl methyl sites for hydroxylation is 1. The molecule has 1 amide bonds. The van der Waals surface area contributed by atoms with Crippen LogP contribution in [0.5, 0.6) is 0 Å². The Morgan fingerprint density at radius 3 is 2.83 bits per heavy atom. The van der Waals surface area contributed by atoms with E-state index in [-0.39, 0.29) is 11.4 Å². The molecule has 98 valence electrons. The average molecular weight is 248 g/mol. The summed E-state index contributed by atoms with van der Waals surface area (Å²) in [5, 5.41) is 0. The fourth-order valence-electron chi connectivity index (χ4n) is 2.25. The van der Waals surface area contributed by atoms with E-state index in [1.165, 1.54) is 0 Å². The fourth-order valence-corrected chi connectivity index (χ4v) is 2.25. The number of carbonyl (C=O) groups excluding carboxylic acids is 1. The number of hydrogen-bond acceptors (Lipinski definition) is 3. The quantitative estimate of drug-likeness (QED) is 0.771. The van der Waals surface area contributed by atoms with E-state index in [0.29, 0.717) is 31.0 Å². The molecule has 1 aliphatic rings. The minimum atomic E-state index is -0.286. The van der Waals surface area contributed by atoms with E-state index >= 15 is 0 Å². The van der Waals surface area contributed by atoms with Gasteiger partial charge in [-0.25, -0.2) is 0 Å². The maximum atomic E-state index is 12.6. The van der Waals surface area contributed by atoms with Gasteiger partial charge < -0.3 is 15.4 Å². The Bertz CT molecular complexity index is 469. The normalized spacial score (nSPS) is 18.7. The standard InChI is InChI=1S/C14H20N2O2/c1-10-5-4-6-11(12(10)15)13(17)16-7-8-18-9-14(16,2)3/h4-6H,7-9,15H2,1-3H3. The molecule has 0 aromatic heterocycles. The second-order valence-electron chi connectivity index (χ2n) is 5.36. The molecule has 4 nitrogen and oxygen atoms in total. The highest BCUT2D eigenvalue weighted by Gasteiger charge is 2.35. The van der Waals surface area contributed by atoms with Crippen molar-refractivity contribution in [1.82, 2.24) is 4.90 Å². The molecule has 1 aliphatic heterocycles. The summed E-state index contributed by atoms with van der Waals surface area (Å²) in [5.74, 6) is -0.00972. The maximum Gasteiger partial charge on any atom is 0.256 e. The van der Waals surface area contributed by atoms with E-state index in [2.05, 4.69) is 0 Å². The molecule has 0 unspecified atom stereocenters. The number of ether oxygens (including phenoxy) is 1. The first-order valence-electron chi connectivity index (χ1n) is 6.18. The van der Waals surface area contributed by atoms with Crippen LogP contribution < -0.4 is 5.73 Å². The number of nitrogen functional groups attached to an aromatic ring is 1. The Morgan fingerprint density at radius 2 is 2.17 bits per heavy atom. The highest BCUT2D eigenvalue weighted by molar-refractivity contribution is 6.00. The predicted octanol–water partition coefficient (Wildman–Crippen LogP) is 1.83. The molecule has 2 rings (SSSR count). The lowest BCUT2D eigenvalue weighted by Gasteiger charge is -2.42. The van der Waals surface area contributed by atoms with Gasteiger partial charge in [-0.05, 0) is 32.4 Å². The molecular weight excluding hydrogens is 228 g/mol. The van der Waals surface area contributed by atoms with Crippen LogP contribution in [-0.4, -0.2) is 36.1 Å². The minimum Gasteiger partial charge on any atom is -0.398 e. The fraction of sp³-hybridized carbons (Fsp3) is 0.500. The van der Waals surface area contributed by atoms with Gasteiger partial charge in [-0.1, -0.05) is 12.1 Å². The van der Waals surface area contributed by atoms with Gasteiger partial charge in [0.2, 0.25) is 0 Å². The minimum absolute atomic E-state index is 0.00972. The van der Waals surface area contributed by atoms with E-state index in [1.807, 2.05) is 37.8 Å². The SMILES string of the molecule is Cc1cccc(C(=O)N2CCOCC2(C)C)c1N. The van der Waals surface area contributed by atoms with Gasteiger partial charge >= 0.3 is 0 Å². The van der Waals surface area contributed by atoms with E-state index < -0.39 is 0 Å². The predicted molar refractivity (Wildman–Crippen MR) is 71.5 cm³/mol. The molecule has 0 aliphatic carbocycles. The number of morpholine rings is 1. The molecule has 1 aromatic carbocycles. The first-order chi connectivity index (χ1) is 8.43. The van der Waals surface area contributed by atoms with Crippen LogP contribution in [0.1, 0.15) is 29.8 Å². The van der Waals surface area contributed by atoms with Crippen molar-refractivity contribution in [3.63, 3.8) is 0 Å². The van der Waals surface area contributed by atoms with Gasteiger partial charge in [0.1, 0.15) is 0 Å². The van der Waals surface area contributed by atoms with Crippen LogP contribution in [0.4, 0.5) is 5.69 Å². The number of amides is 1. The largest absolute Gasteiger partial charge is 0.398 e. The molecule has 4 heteroatoms. The first kappa shape index (κ1) is 12.9. The summed E-state index contributed by atoms with van der Waals surface area (Å²) >= 11 is 0. The molecule has 0 bridgehead atoms. The van der Waals surface area contributed by atoms with Crippen LogP contribution >= 0.6 is 0 Å². The molecule has 2 N–H and O–H groups in total. The van der Waals surface area contributed by atoms with Crippen molar-refractivity contribution in [2.24, 2.45) is 0 Å². The third-order valence-corrected chi connectivity index (χ3v) is 3.44. The zero-order valence-electron chi connectivity index (χ0n) is 11.2. The number of anilines is 1. The molecule has 1 fully saturated rings. The lowest BCUT2D eigenvalue weighted by atomic mass is 9.99. The molecule has 1 heterocycles. The summed E-state index contributed by atoms with van der Waals surface area (Å²) in [6.07, 6.45) is 0. The van der Waals surface area contributed by atoms with Crippen molar-refractivity contribution >= 4 is 11.6 Å². The summed E-state index contributed by atoms with van der Waals surface area (Å²) in [5.41, 5.74) is 7.81. The number of carbonyl (C=O) groups is 1. The van der Waals surface area contributed by atoms with Gasteiger partial charge in [0.15, 0.2) is 0 Å². The van der Waals surface area contributed by atoms with Gasteiger partial charge in [-0.15, -0.1) is 0 Å². The Labute approximate surface area is 108 Å². The summed E-state index contributed by atoms with van der Waals surface area (Å²) in [6, 6.07) is 5.57.